The maximum atomic E-state index is 13.8. The minimum absolute atomic E-state index is 0.0983. The quantitative estimate of drug-likeness (QED) is 0.258. The predicted octanol–water partition coefficient (Wildman–Crippen LogP) is 5.57. The standard InChI is InChI=1S/C34H39NO8/c1-23(25-10-5-4-6-11-25)33(38)35-19-8-7-14-28(35)34(39)43-29(26-12-9-13-27(21-26)42-22-32(36)37)17-15-24-16-18-30(40-2)31(20-24)41-3/h4-6,9-13,16,18,20-21,23,28-29H,7-8,14-15,17,19,22H2,1-3H3,(H,36,37)/t23-,28-,29+/m0/s1. The molecule has 0 spiro atoms. The first-order chi connectivity index (χ1) is 20.8. The van der Waals surface area contributed by atoms with Gasteiger partial charge in [0.25, 0.3) is 0 Å². The van der Waals surface area contributed by atoms with Gasteiger partial charge in [-0.15, -0.1) is 0 Å². The molecule has 0 bridgehead atoms. The molecule has 3 atom stereocenters. The van der Waals surface area contributed by atoms with E-state index in [0.29, 0.717) is 48.6 Å². The SMILES string of the molecule is COc1ccc(CC[C@@H](OC(=O)[C@@H]2CCCCN2C(=O)[C@@H](C)c2ccccc2)c2cccc(OCC(=O)O)c2)cc1OC. The van der Waals surface area contributed by atoms with Crippen molar-refractivity contribution in [1.82, 2.24) is 4.90 Å². The van der Waals surface area contributed by atoms with Gasteiger partial charge in [0.05, 0.1) is 20.1 Å². The van der Waals surface area contributed by atoms with Crippen molar-refractivity contribution >= 4 is 17.8 Å². The van der Waals surface area contributed by atoms with Crippen LogP contribution in [0.2, 0.25) is 0 Å². The average molecular weight is 590 g/mol. The largest absolute Gasteiger partial charge is 0.493 e. The zero-order valence-corrected chi connectivity index (χ0v) is 24.9. The van der Waals surface area contributed by atoms with Crippen LogP contribution in [0.4, 0.5) is 0 Å². The van der Waals surface area contributed by atoms with Gasteiger partial charge in [0.2, 0.25) is 5.91 Å². The number of nitrogens with zero attached hydrogens (tertiary/aromatic N) is 1. The smallest absolute Gasteiger partial charge is 0.341 e. The lowest BCUT2D eigenvalue weighted by molar-refractivity contribution is -0.162. The number of esters is 1. The Labute approximate surface area is 252 Å². The lowest BCUT2D eigenvalue weighted by Gasteiger charge is -2.36. The van der Waals surface area contributed by atoms with Gasteiger partial charge in [0.1, 0.15) is 17.9 Å². The van der Waals surface area contributed by atoms with Crippen molar-refractivity contribution in [2.24, 2.45) is 0 Å². The predicted molar refractivity (Wildman–Crippen MR) is 160 cm³/mol. The summed E-state index contributed by atoms with van der Waals surface area (Å²) < 4.78 is 22.4. The third-order valence-corrected chi connectivity index (χ3v) is 7.72. The van der Waals surface area contributed by atoms with E-state index in [1.54, 1.807) is 37.3 Å². The normalized spacial score (nSPS) is 16.1. The molecule has 0 saturated carbocycles. The molecule has 1 fully saturated rings. The Morgan fingerprint density at radius 1 is 0.907 bits per heavy atom. The minimum Gasteiger partial charge on any atom is -0.493 e. The highest BCUT2D eigenvalue weighted by Gasteiger charge is 2.36. The fourth-order valence-corrected chi connectivity index (χ4v) is 5.37. The van der Waals surface area contributed by atoms with Crippen LogP contribution < -0.4 is 14.2 Å². The number of carbonyl (C=O) groups excluding carboxylic acids is 2. The van der Waals surface area contributed by atoms with E-state index in [1.165, 1.54) is 0 Å². The monoisotopic (exact) mass is 589 g/mol. The van der Waals surface area contributed by atoms with Gasteiger partial charge in [-0.05, 0) is 80.0 Å². The number of methoxy groups -OCH3 is 2. The van der Waals surface area contributed by atoms with Gasteiger partial charge in [-0.1, -0.05) is 48.5 Å². The van der Waals surface area contributed by atoms with Crippen LogP contribution in [0.3, 0.4) is 0 Å². The van der Waals surface area contributed by atoms with E-state index in [1.807, 2.05) is 61.5 Å². The highest BCUT2D eigenvalue weighted by Crippen LogP contribution is 2.32. The molecule has 43 heavy (non-hydrogen) atoms. The average Bonchev–Trinajstić information content (AvgIpc) is 3.05. The highest BCUT2D eigenvalue weighted by molar-refractivity contribution is 5.88. The van der Waals surface area contributed by atoms with E-state index in [0.717, 1.165) is 24.0 Å². The van der Waals surface area contributed by atoms with Crippen LogP contribution in [0, 0.1) is 0 Å². The van der Waals surface area contributed by atoms with E-state index >= 15 is 0 Å². The van der Waals surface area contributed by atoms with Gasteiger partial charge in [0, 0.05) is 6.54 Å². The molecule has 0 aromatic heterocycles. The molecule has 1 heterocycles. The summed E-state index contributed by atoms with van der Waals surface area (Å²) in [5.41, 5.74) is 2.53. The molecule has 0 aliphatic carbocycles. The number of piperidine rings is 1. The molecule has 3 aromatic carbocycles. The Morgan fingerprint density at radius 3 is 2.37 bits per heavy atom. The highest BCUT2D eigenvalue weighted by atomic mass is 16.5. The van der Waals surface area contributed by atoms with Crippen molar-refractivity contribution in [2.45, 2.75) is 57.1 Å². The molecule has 1 amide bonds. The first kappa shape index (κ1) is 31.4. The number of carboxylic acid groups (broad SMARTS) is 1. The van der Waals surface area contributed by atoms with Crippen LogP contribution in [-0.2, 0) is 25.5 Å². The lowest BCUT2D eigenvalue weighted by atomic mass is 9.95. The van der Waals surface area contributed by atoms with Gasteiger partial charge in [-0.3, -0.25) is 4.79 Å². The number of aryl methyl sites for hydroxylation is 1. The van der Waals surface area contributed by atoms with Gasteiger partial charge in [-0.2, -0.15) is 0 Å². The van der Waals surface area contributed by atoms with E-state index < -0.39 is 36.6 Å². The Morgan fingerprint density at radius 2 is 1.65 bits per heavy atom. The van der Waals surface area contributed by atoms with Crippen molar-refractivity contribution in [3.05, 3.63) is 89.5 Å². The number of hydrogen-bond acceptors (Lipinski definition) is 7. The molecule has 9 heteroatoms. The first-order valence-electron chi connectivity index (χ1n) is 14.5. The molecule has 9 nitrogen and oxygen atoms in total. The van der Waals surface area contributed by atoms with E-state index in [9.17, 15) is 14.4 Å². The third kappa shape index (κ3) is 8.28. The van der Waals surface area contributed by atoms with Crippen molar-refractivity contribution in [2.75, 3.05) is 27.4 Å². The van der Waals surface area contributed by atoms with Crippen molar-refractivity contribution in [1.29, 1.82) is 0 Å². The molecule has 3 aromatic rings. The lowest BCUT2D eigenvalue weighted by Crippen LogP contribution is -2.50. The molecule has 1 aliphatic heterocycles. The number of carboxylic acids is 1. The Bertz CT molecular complexity index is 1390. The Balaban J connectivity index is 1.56. The van der Waals surface area contributed by atoms with E-state index in [-0.39, 0.29) is 5.91 Å². The second kappa shape index (κ2) is 15.1. The number of amides is 1. The molecule has 4 rings (SSSR count). The summed E-state index contributed by atoms with van der Waals surface area (Å²) in [6, 6.07) is 21.4. The fraction of sp³-hybridized carbons (Fsp3) is 0.382. The Kier molecular flexibility index (Phi) is 11.0. The van der Waals surface area contributed by atoms with Crippen LogP contribution in [0.5, 0.6) is 17.2 Å². The zero-order valence-electron chi connectivity index (χ0n) is 24.9. The fourth-order valence-electron chi connectivity index (χ4n) is 5.37. The van der Waals surface area contributed by atoms with Crippen LogP contribution in [0.15, 0.2) is 72.8 Å². The van der Waals surface area contributed by atoms with Crippen molar-refractivity contribution in [3.63, 3.8) is 0 Å². The second-order valence-corrected chi connectivity index (χ2v) is 10.6. The van der Waals surface area contributed by atoms with Crippen LogP contribution >= 0.6 is 0 Å². The number of rotatable bonds is 13. The Hall–Kier alpha value is -4.53. The summed E-state index contributed by atoms with van der Waals surface area (Å²) >= 11 is 0. The molecular weight excluding hydrogens is 550 g/mol. The number of ether oxygens (including phenoxy) is 4. The molecule has 1 N–H and O–H groups in total. The van der Waals surface area contributed by atoms with Crippen molar-refractivity contribution in [3.8, 4) is 17.2 Å². The molecule has 1 saturated heterocycles. The van der Waals surface area contributed by atoms with Gasteiger partial charge in [-0.25, -0.2) is 9.59 Å². The van der Waals surface area contributed by atoms with E-state index in [2.05, 4.69) is 0 Å². The third-order valence-electron chi connectivity index (χ3n) is 7.72. The summed E-state index contributed by atoms with van der Waals surface area (Å²) in [5, 5.41) is 9.04. The summed E-state index contributed by atoms with van der Waals surface area (Å²) in [5.74, 6) is -0.461. The molecular formula is C34H39NO8. The number of hydrogen-bond donors (Lipinski definition) is 1. The minimum atomic E-state index is -1.09. The number of carbonyl (C=O) groups is 3. The summed E-state index contributed by atoms with van der Waals surface area (Å²) in [6.07, 6.45) is 2.48. The summed E-state index contributed by atoms with van der Waals surface area (Å²) in [4.78, 5) is 40.1. The van der Waals surface area contributed by atoms with Gasteiger partial charge in [0.15, 0.2) is 18.1 Å². The number of aliphatic carboxylic acids is 1. The summed E-state index contributed by atoms with van der Waals surface area (Å²) in [7, 11) is 3.15. The van der Waals surface area contributed by atoms with Crippen LogP contribution in [0.1, 0.15) is 61.3 Å². The topological polar surface area (TPSA) is 112 Å². The zero-order chi connectivity index (χ0) is 30.8. The number of likely N-dealkylation sites (tertiary alicyclic amines) is 1. The maximum Gasteiger partial charge on any atom is 0.341 e. The van der Waals surface area contributed by atoms with E-state index in [4.69, 9.17) is 24.1 Å². The summed E-state index contributed by atoms with van der Waals surface area (Å²) in [6.45, 7) is 1.87. The first-order valence-corrected chi connectivity index (χ1v) is 14.5. The molecule has 228 valence electrons. The van der Waals surface area contributed by atoms with Crippen LogP contribution in [0.25, 0.3) is 0 Å². The molecule has 0 radical (unpaired) electrons. The van der Waals surface area contributed by atoms with Crippen LogP contribution in [-0.4, -0.2) is 61.3 Å². The molecule has 1 aliphatic rings. The van der Waals surface area contributed by atoms with Crippen molar-refractivity contribution < 1.29 is 38.4 Å². The number of benzene rings is 3. The second-order valence-electron chi connectivity index (χ2n) is 10.6. The molecule has 0 unspecified atom stereocenters. The van der Waals surface area contributed by atoms with Gasteiger partial charge < -0.3 is 29.0 Å². The van der Waals surface area contributed by atoms with Gasteiger partial charge >= 0.3 is 11.9 Å². The maximum absolute atomic E-state index is 13.8.